The third-order valence-corrected chi connectivity index (χ3v) is 6.44. The monoisotopic (exact) mass is 463 g/mol. The summed E-state index contributed by atoms with van der Waals surface area (Å²) in [6, 6.07) is 16.6. The SMILES string of the molecule is O=C(NCC(=O)N1CCN(c2ccccc2)CC1)Nc1ccc(C(=O)N2CCCCCC2)cc1. The second-order valence-corrected chi connectivity index (χ2v) is 8.79. The molecule has 2 N–H and O–H groups in total. The van der Waals surface area contributed by atoms with E-state index in [1.807, 2.05) is 23.1 Å². The van der Waals surface area contributed by atoms with Crippen LogP contribution in [0.25, 0.3) is 0 Å². The van der Waals surface area contributed by atoms with Gasteiger partial charge in [-0.15, -0.1) is 0 Å². The summed E-state index contributed by atoms with van der Waals surface area (Å²) in [6.07, 6.45) is 4.45. The van der Waals surface area contributed by atoms with Gasteiger partial charge in [0.2, 0.25) is 5.91 Å². The number of likely N-dealkylation sites (tertiary alicyclic amines) is 1. The molecule has 4 amide bonds. The van der Waals surface area contributed by atoms with E-state index < -0.39 is 6.03 Å². The van der Waals surface area contributed by atoms with Crippen molar-refractivity contribution in [2.24, 2.45) is 0 Å². The molecule has 0 aliphatic carbocycles. The van der Waals surface area contributed by atoms with E-state index in [2.05, 4.69) is 27.7 Å². The topological polar surface area (TPSA) is 85.0 Å². The highest BCUT2D eigenvalue weighted by molar-refractivity contribution is 5.96. The van der Waals surface area contributed by atoms with Crippen molar-refractivity contribution in [3.63, 3.8) is 0 Å². The summed E-state index contributed by atoms with van der Waals surface area (Å²) in [5, 5.41) is 5.37. The highest BCUT2D eigenvalue weighted by Crippen LogP contribution is 2.17. The van der Waals surface area contributed by atoms with E-state index in [4.69, 9.17) is 0 Å². The molecule has 0 radical (unpaired) electrons. The van der Waals surface area contributed by atoms with Crippen LogP contribution in [0.4, 0.5) is 16.2 Å². The predicted molar refractivity (Wildman–Crippen MR) is 133 cm³/mol. The number of carbonyl (C=O) groups excluding carboxylic acids is 3. The lowest BCUT2D eigenvalue weighted by molar-refractivity contribution is -0.130. The first-order valence-electron chi connectivity index (χ1n) is 12.1. The van der Waals surface area contributed by atoms with Crippen LogP contribution in [0, 0.1) is 0 Å². The van der Waals surface area contributed by atoms with E-state index in [0.29, 0.717) is 24.3 Å². The fourth-order valence-corrected chi connectivity index (χ4v) is 4.45. The van der Waals surface area contributed by atoms with Crippen molar-refractivity contribution in [1.29, 1.82) is 0 Å². The number of piperazine rings is 1. The Bertz CT molecular complexity index is 964. The van der Waals surface area contributed by atoms with E-state index in [9.17, 15) is 14.4 Å². The highest BCUT2D eigenvalue weighted by Gasteiger charge is 2.21. The van der Waals surface area contributed by atoms with Crippen molar-refractivity contribution in [2.75, 3.05) is 56.0 Å². The standard InChI is InChI=1S/C26H33N5O3/c32-24(30-18-16-29(17-19-30)23-8-4-3-5-9-23)20-27-26(34)28-22-12-10-21(11-13-22)25(33)31-14-6-1-2-7-15-31/h3-5,8-13H,1-2,6-7,14-20H2,(H2,27,28,34). The fraction of sp³-hybridized carbons (Fsp3) is 0.423. The zero-order chi connectivity index (χ0) is 23.8. The van der Waals surface area contributed by atoms with Crippen LogP contribution in [0.3, 0.4) is 0 Å². The van der Waals surface area contributed by atoms with Crippen molar-refractivity contribution >= 4 is 29.2 Å². The maximum atomic E-state index is 12.7. The Hall–Kier alpha value is -3.55. The maximum Gasteiger partial charge on any atom is 0.319 e. The van der Waals surface area contributed by atoms with Gasteiger partial charge in [0.25, 0.3) is 5.91 Å². The number of nitrogens with zero attached hydrogens (tertiary/aromatic N) is 3. The largest absolute Gasteiger partial charge is 0.368 e. The summed E-state index contributed by atoms with van der Waals surface area (Å²) < 4.78 is 0. The van der Waals surface area contributed by atoms with Gasteiger partial charge in [0, 0.05) is 56.2 Å². The minimum atomic E-state index is -0.442. The number of anilines is 2. The zero-order valence-corrected chi connectivity index (χ0v) is 19.5. The molecule has 2 aromatic rings. The molecule has 2 aliphatic rings. The third-order valence-electron chi connectivity index (χ3n) is 6.44. The second-order valence-electron chi connectivity index (χ2n) is 8.79. The van der Waals surface area contributed by atoms with Gasteiger partial charge in [0.1, 0.15) is 0 Å². The Labute approximate surface area is 200 Å². The first-order valence-corrected chi connectivity index (χ1v) is 12.1. The molecule has 2 aromatic carbocycles. The Morgan fingerprint density at radius 3 is 2.00 bits per heavy atom. The Balaban J connectivity index is 1.19. The molecule has 180 valence electrons. The molecule has 0 saturated carbocycles. The molecule has 2 aliphatic heterocycles. The number of rotatable bonds is 5. The molecular weight excluding hydrogens is 430 g/mol. The van der Waals surface area contributed by atoms with Gasteiger partial charge in [0.05, 0.1) is 6.54 Å². The van der Waals surface area contributed by atoms with E-state index >= 15 is 0 Å². The van der Waals surface area contributed by atoms with Crippen LogP contribution in [0.1, 0.15) is 36.0 Å². The predicted octanol–water partition coefficient (Wildman–Crippen LogP) is 3.17. The lowest BCUT2D eigenvalue weighted by Crippen LogP contribution is -2.51. The van der Waals surface area contributed by atoms with Crippen molar-refractivity contribution < 1.29 is 14.4 Å². The first kappa shape index (κ1) is 23.6. The van der Waals surface area contributed by atoms with Crippen LogP contribution >= 0.6 is 0 Å². The van der Waals surface area contributed by atoms with Crippen LogP contribution in [-0.2, 0) is 4.79 Å². The Morgan fingerprint density at radius 2 is 1.35 bits per heavy atom. The van der Waals surface area contributed by atoms with Gasteiger partial charge in [-0.1, -0.05) is 31.0 Å². The van der Waals surface area contributed by atoms with Gasteiger partial charge < -0.3 is 25.3 Å². The van der Waals surface area contributed by atoms with Gasteiger partial charge >= 0.3 is 6.03 Å². The van der Waals surface area contributed by atoms with Crippen molar-refractivity contribution in [2.45, 2.75) is 25.7 Å². The van der Waals surface area contributed by atoms with Crippen molar-refractivity contribution in [1.82, 2.24) is 15.1 Å². The smallest absolute Gasteiger partial charge is 0.319 e. The normalized spacial score (nSPS) is 16.5. The van der Waals surface area contributed by atoms with Gasteiger partial charge in [-0.3, -0.25) is 9.59 Å². The number of hydrogen-bond acceptors (Lipinski definition) is 4. The summed E-state index contributed by atoms with van der Waals surface area (Å²) in [7, 11) is 0. The van der Waals surface area contributed by atoms with Crippen LogP contribution in [-0.4, -0.2) is 73.5 Å². The number of hydrogen-bond donors (Lipinski definition) is 2. The Morgan fingerprint density at radius 1 is 0.706 bits per heavy atom. The summed E-state index contributed by atoms with van der Waals surface area (Å²) >= 11 is 0. The minimum absolute atomic E-state index is 0.0378. The van der Waals surface area contributed by atoms with Gasteiger partial charge in [-0.2, -0.15) is 0 Å². The van der Waals surface area contributed by atoms with Crippen LogP contribution in [0.2, 0.25) is 0 Å². The molecule has 8 nitrogen and oxygen atoms in total. The van der Waals surface area contributed by atoms with Crippen LogP contribution in [0.15, 0.2) is 54.6 Å². The fourth-order valence-electron chi connectivity index (χ4n) is 4.45. The molecule has 0 unspecified atom stereocenters. The van der Waals surface area contributed by atoms with E-state index in [0.717, 1.165) is 44.7 Å². The number of benzene rings is 2. The average molecular weight is 464 g/mol. The average Bonchev–Trinajstić information content (AvgIpc) is 3.18. The van der Waals surface area contributed by atoms with E-state index in [1.54, 1.807) is 29.2 Å². The molecule has 0 atom stereocenters. The molecule has 8 heteroatoms. The van der Waals surface area contributed by atoms with E-state index in [1.165, 1.54) is 12.8 Å². The lowest BCUT2D eigenvalue weighted by atomic mass is 10.1. The van der Waals surface area contributed by atoms with Crippen LogP contribution < -0.4 is 15.5 Å². The number of urea groups is 1. The molecule has 2 heterocycles. The maximum absolute atomic E-state index is 12.7. The summed E-state index contributed by atoms with van der Waals surface area (Å²) in [6.45, 7) is 4.35. The molecule has 4 rings (SSSR count). The second kappa shape index (κ2) is 11.5. The molecule has 0 aromatic heterocycles. The molecule has 0 spiro atoms. The minimum Gasteiger partial charge on any atom is -0.368 e. The molecule has 0 bridgehead atoms. The van der Waals surface area contributed by atoms with Crippen LogP contribution in [0.5, 0.6) is 0 Å². The van der Waals surface area contributed by atoms with Gasteiger partial charge in [-0.05, 0) is 49.2 Å². The zero-order valence-electron chi connectivity index (χ0n) is 19.5. The molecule has 34 heavy (non-hydrogen) atoms. The quantitative estimate of drug-likeness (QED) is 0.713. The lowest BCUT2D eigenvalue weighted by Gasteiger charge is -2.36. The van der Waals surface area contributed by atoms with Gasteiger partial charge in [-0.25, -0.2) is 4.79 Å². The molecule has 2 fully saturated rings. The summed E-state index contributed by atoms with van der Waals surface area (Å²) in [4.78, 5) is 43.4. The van der Waals surface area contributed by atoms with E-state index in [-0.39, 0.29) is 18.4 Å². The number of amides is 4. The van der Waals surface area contributed by atoms with Crippen molar-refractivity contribution in [3.05, 3.63) is 60.2 Å². The highest BCUT2D eigenvalue weighted by atomic mass is 16.2. The molecule has 2 saturated heterocycles. The first-order chi connectivity index (χ1) is 16.6. The summed E-state index contributed by atoms with van der Waals surface area (Å²) in [5.41, 5.74) is 2.36. The number of nitrogens with one attached hydrogen (secondary N) is 2. The third kappa shape index (κ3) is 6.27. The Kier molecular flexibility index (Phi) is 8.01. The summed E-state index contributed by atoms with van der Waals surface area (Å²) in [5.74, 6) is -0.0582. The van der Waals surface area contributed by atoms with Gasteiger partial charge in [0.15, 0.2) is 0 Å². The number of para-hydroxylation sites is 1. The molecular formula is C26H33N5O3. The number of carbonyl (C=O) groups is 3. The van der Waals surface area contributed by atoms with Crippen molar-refractivity contribution in [3.8, 4) is 0 Å².